The smallest absolute Gasteiger partial charge is 0.236 e. The van der Waals surface area contributed by atoms with Gasteiger partial charge >= 0.3 is 0 Å². The van der Waals surface area contributed by atoms with E-state index in [0.717, 1.165) is 19.6 Å². The van der Waals surface area contributed by atoms with E-state index in [2.05, 4.69) is 24.1 Å². The topological polar surface area (TPSA) is 35.6 Å². The fourth-order valence-corrected chi connectivity index (χ4v) is 2.24. The van der Waals surface area contributed by atoms with E-state index in [4.69, 9.17) is 0 Å². The van der Waals surface area contributed by atoms with Crippen molar-refractivity contribution in [1.29, 1.82) is 0 Å². The van der Waals surface area contributed by atoms with Gasteiger partial charge in [-0.2, -0.15) is 0 Å². The molecule has 0 radical (unpaired) electrons. The zero-order valence-corrected chi connectivity index (χ0v) is 11.0. The van der Waals surface area contributed by atoms with Crippen molar-refractivity contribution in [2.45, 2.75) is 26.3 Å². The molecule has 1 saturated heterocycles. The van der Waals surface area contributed by atoms with Gasteiger partial charge < -0.3 is 10.2 Å². The summed E-state index contributed by atoms with van der Waals surface area (Å²) in [7, 11) is 3.64. The first kappa shape index (κ1) is 13.5. The van der Waals surface area contributed by atoms with Crippen LogP contribution in [-0.4, -0.2) is 62.0 Å². The Bertz CT molecular complexity index is 230. The van der Waals surface area contributed by atoms with Crippen LogP contribution in [0.1, 0.15) is 20.3 Å². The molecule has 1 rings (SSSR count). The molecule has 16 heavy (non-hydrogen) atoms. The summed E-state index contributed by atoms with van der Waals surface area (Å²) >= 11 is 0. The van der Waals surface area contributed by atoms with Gasteiger partial charge in [0.25, 0.3) is 0 Å². The molecule has 1 fully saturated rings. The molecule has 0 aromatic rings. The van der Waals surface area contributed by atoms with Crippen molar-refractivity contribution >= 4 is 5.91 Å². The molecule has 1 heterocycles. The Kier molecular flexibility index (Phi) is 5.22. The first-order valence-electron chi connectivity index (χ1n) is 6.21. The molecule has 1 amide bonds. The monoisotopic (exact) mass is 227 g/mol. The maximum absolute atomic E-state index is 11.7. The molecule has 4 heteroatoms. The molecule has 94 valence electrons. The van der Waals surface area contributed by atoms with Gasteiger partial charge in [-0.05, 0) is 25.4 Å². The molecular weight excluding hydrogens is 202 g/mol. The zero-order chi connectivity index (χ0) is 12.1. The number of hydrogen-bond acceptors (Lipinski definition) is 3. The van der Waals surface area contributed by atoms with Crippen LogP contribution in [0.4, 0.5) is 0 Å². The van der Waals surface area contributed by atoms with Crippen LogP contribution in [0.3, 0.4) is 0 Å². The Labute approximate surface area is 99.0 Å². The van der Waals surface area contributed by atoms with Gasteiger partial charge in [-0.1, -0.05) is 13.8 Å². The SMILES string of the molecule is CCN(CC(=O)N(C)C)C1CNCCC1C. The predicted octanol–water partition coefficient (Wildman–Crippen LogP) is 0.395. The van der Waals surface area contributed by atoms with Crippen molar-refractivity contribution < 1.29 is 4.79 Å². The lowest BCUT2D eigenvalue weighted by atomic mass is 9.93. The van der Waals surface area contributed by atoms with Crippen molar-refractivity contribution in [2.24, 2.45) is 5.92 Å². The third-order valence-electron chi connectivity index (χ3n) is 3.50. The van der Waals surface area contributed by atoms with Gasteiger partial charge in [0, 0.05) is 26.7 Å². The van der Waals surface area contributed by atoms with Crippen LogP contribution in [-0.2, 0) is 4.79 Å². The normalized spacial score (nSPS) is 25.8. The Morgan fingerprint density at radius 2 is 2.12 bits per heavy atom. The quantitative estimate of drug-likeness (QED) is 0.755. The molecule has 2 unspecified atom stereocenters. The maximum Gasteiger partial charge on any atom is 0.236 e. The second kappa shape index (κ2) is 6.21. The minimum Gasteiger partial charge on any atom is -0.348 e. The highest BCUT2D eigenvalue weighted by atomic mass is 16.2. The number of nitrogens with one attached hydrogen (secondary N) is 1. The standard InChI is InChI=1S/C12H25N3O/c1-5-15(9-12(16)14(3)4)11-8-13-7-6-10(11)2/h10-11,13H,5-9H2,1-4H3. The fraction of sp³-hybridized carbons (Fsp3) is 0.917. The van der Waals surface area contributed by atoms with Crippen LogP contribution < -0.4 is 5.32 Å². The van der Waals surface area contributed by atoms with E-state index in [0.29, 0.717) is 18.5 Å². The first-order valence-corrected chi connectivity index (χ1v) is 6.21. The average Bonchev–Trinajstić information content (AvgIpc) is 2.26. The lowest BCUT2D eigenvalue weighted by Gasteiger charge is -2.38. The minimum atomic E-state index is 0.194. The summed E-state index contributed by atoms with van der Waals surface area (Å²) in [6, 6.07) is 0.502. The van der Waals surface area contributed by atoms with Crippen molar-refractivity contribution in [3.05, 3.63) is 0 Å². The number of carbonyl (C=O) groups excluding carboxylic acids is 1. The summed E-state index contributed by atoms with van der Waals surface area (Å²) in [6.45, 7) is 8.02. The molecule has 0 aliphatic carbocycles. The van der Waals surface area contributed by atoms with Crippen LogP contribution in [0, 0.1) is 5.92 Å². The Balaban J connectivity index is 2.55. The van der Waals surface area contributed by atoms with Crippen LogP contribution in [0.2, 0.25) is 0 Å². The molecule has 0 spiro atoms. The van der Waals surface area contributed by atoms with E-state index in [-0.39, 0.29) is 5.91 Å². The summed E-state index contributed by atoms with van der Waals surface area (Å²) < 4.78 is 0. The van der Waals surface area contributed by atoms with Gasteiger partial charge in [-0.15, -0.1) is 0 Å². The molecule has 0 bridgehead atoms. The van der Waals surface area contributed by atoms with Crippen LogP contribution >= 0.6 is 0 Å². The molecule has 1 N–H and O–H groups in total. The number of likely N-dealkylation sites (N-methyl/N-ethyl adjacent to an activating group) is 2. The van der Waals surface area contributed by atoms with Crippen molar-refractivity contribution in [1.82, 2.24) is 15.1 Å². The molecular formula is C12H25N3O. The lowest BCUT2D eigenvalue weighted by Crippen LogP contribution is -2.52. The second-order valence-corrected chi connectivity index (χ2v) is 4.89. The third-order valence-corrected chi connectivity index (χ3v) is 3.50. The molecule has 2 atom stereocenters. The maximum atomic E-state index is 11.7. The molecule has 0 aromatic heterocycles. The van der Waals surface area contributed by atoms with Crippen molar-refractivity contribution in [3.8, 4) is 0 Å². The van der Waals surface area contributed by atoms with E-state index >= 15 is 0 Å². The van der Waals surface area contributed by atoms with Crippen LogP contribution in [0.5, 0.6) is 0 Å². The number of nitrogens with zero attached hydrogens (tertiary/aromatic N) is 2. The highest BCUT2D eigenvalue weighted by Gasteiger charge is 2.27. The highest BCUT2D eigenvalue weighted by molar-refractivity contribution is 5.77. The molecule has 1 aliphatic rings. The van der Waals surface area contributed by atoms with E-state index < -0.39 is 0 Å². The second-order valence-electron chi connectivity index (χ2n) is 4.89. The zero-order valence-electron chi connectivity index (χ0n) is 11.0. The Morgan fingerprint density at radius 3 is 2.62 bits per heavy atom. The van der Waals surface area contributed by atoms with Crippen molar-refractivity contribution in [2.75, 3.05) is 40.3 Å². The fourth-order valence-electron chi connectivity index (χ4n) is 2.24. The summed E-state index contributed by atoms with van der Waals surface area (Å²) in [6.07, 6.45) is 1.21. The highest BCUT2D eigenvalue weighted by Crippen LogP contribution is 2.17. The van der Waals surface area contributed by atoms with E-state index in [1.807, 2.05) is 14.1 Å². The lowest BCUT2D eigenvalue weighted by molar-refractivity contribution is -0.130. The molecule has 0 saturated carbocycles. The van der Waals surface area contributed by atoms with Crippen LogP contribution in [0.25, 0.3) is 0 Å². The van der Waals surface area contributed by atoms with Gasteiger partial charge in [0.15, 0.2) is 0 Å². The van der Waals surface area contributed by atoms with Gasteiger partial charge in [0.2, 0.25) is 5.91 Å². The number of carbonyl (C=O) groups is 1. The summed E-state index contributed by atoms with van der Waals surface area (Å²) in [4.78, 5) is 15.7. The largest absolute Gasteiger partial charge is 0.348 e. The molecule has 4 nitrogen and oxygen atoms in total. The third kappa shape index (κ3) is 3.46. The van der Waals surface area contributed by atoms with E-state index in [1.165, 1.54) is 6.42 Å². The van der Waals surface area contributed by atoms with Crippen LogP contribution in [0.15, 0.2) is 0 Å². The average molecular weight is 227 g/mol. The summed E-state index contributed by atoms with van der Waals surface area (Å²) in [5.41, 5.74) is 0. The number of piperidine rings is 1. The molecule has 1 aliphatic heterocycles. The van der Waals surface area contributed by atoms with Gasteiger partial charge in [-0.25, -0.2) is 0 Å². The number of rotatable bonds is 4. The first-order chi connectivity index (χ1) is 7.56. The Hall–Kier alpha value is -0.610. The number of amides is 1. The number of hydrogen-bond donors (Lipinski definition) is 1. The molecule has 0 aromatic carbocycles. The van der Waals surface area contributed by atoms with Gasteiger partial charge in [0.1, 0.15) is 0 Å². The minimum absolute atomic E-state index is 0.194. The van der Waals surface area contributed by atoms with Gasteiger partial charge in [0.05, 0.1) is 6.54 Å². The van der Waals surface area contributed by atoms with E-state index in [1.54, 1.807) is 4.90 Å². The van der Waals surface area contributed by atoms with Crippen molar-refractivity contribution in [3.63, 3.8) is 0 Å². The van der Waals surface area contributed by atoms with Gasteiger partial charge in [-0.3, -0.25) is 9.69 Å². The summed E-state index contributed by atoms with van der Waals surface area (Å²) in [5, 5.41) is 3.42. The predicted molar refractivity (Wildman–Crippen MR) is 66.4 cm³/mol. The van der Waals surface area contributed by atoms with E-state index in [9.17, 15) is 4.79 Å². The summed E-state index contributed by atoms with van der Waals surface area (Å²) in [5.74, 6) is 0.871. The Morgan fingerprint density at radius 1 is 1.44 bits per heavy atom.